The Morgan fingerprint density at radius 1 is 0.411 bits per heavy atom. The Hall–Kier alpha value is -8.66. The van der Waals surface area contributed by atoms with Crippen molar-refractivity contribution >= 4 is 42.3 Å². The predicted octanol–water partition coefficient (Wildman–Crippen LogP) is 14.7. The van der Waals surface area contributed by atoms with E-state index in [9.17, 15) is 39.3 Å². The summed E-state index contributed by atoms with van der Waals surface area (Å²) in [6.07, 6.45) is 23.6. The number of ether oxygens (including phenoxy) is 4. The van der Waals surface area contributed by atoms with Gasteiger partial charge < -0.3 is 48.3 Å². The number of nitriles is 2. The number of carbonyl (C=O) groups excluding carboxylic acids is 6. The molecule has 7 aliphatic heterocycles. The number of hydrogen-bond acceptors (Lipinski definition) is 14. The second-order valence-electron chi connectivity index (χ2n) is 36.0. The standard InChI is InChI=1S/C22H27NO3.2C21H20N2O2.C19H23NO3.C9H17BO2.CH4/c1-20(2)18-10-13-23(17-8-9-17)19(24)21(18,16-6-4-3-5-7-16)11-12-22(20)25-14-15-26-22;2*1-20(2)17-10-11-23(16-8-9-16)19(25)21(17,12-14(13-22)18(20)24)15-6-4-3-5-7-15;1-17(2)15-8-11-20-16(21)18(15,14-6-4-3-5-7-14)9-10-19(17)22-12-13-23-19;1-8(2)9(3,4)12-10(11-8)7-5-6-7;/h3-7,10,17H,8-9,11-15H2,1-2H3;2*3-7,10,12,16H,8-9,11H2,1-2H3;3-8H,9-13H2,1-2H3,(H,20,21);7H,5-6H2,1-4H3;1H4/t;2*21-;;;/m.10.../s1. The zero-order valence-electron chi connectivity index (χ0n) is 66.7. The largest absolute Gasteiger partial charge is 0.461 e. The van der Waals surface area contributed by atoms with Crippen molar-refractivity contribution in [2.75, 3.05) is 52.6 Å². The number of allylic oxidation sites excluding steroid dienone is 2. The van der Waals surface area contributed by atoms with Crippen LogP contribution >= 0.6 is 0 Å². The molecule has 4 atom stereocenters. The number of carbonyl (C=O) groups is 6. The van der Waals surface area contributed by atoms with Crippen LogP contribution in [-0.2, 0) is 78.7 Å². The average molecular weight is 1520 g/mol. The molecule has 8 aliphatic carbocycles. The lowest BCUT2D eigenvalue weighted by Gasteiger charge is -2.57. The van der Waals surface area contributed by atoms with Crippen molar-refractivity contribution in [1.29, 1.82) is 10.5 Å². The summed E-state index contributed by atoms with van der Waals surface area (Å²) < 4.78 is 36.2. The predicted molar refractivity (Wildman–Crippen MR) is 428 cm³/mol. The van der Waals surface area contributed by atoms with Gasteiger partial charge in [-0.3, -0.25) is 28.8 Å². The number of nitrogens with one attached hydrogen (secondary N) is 1. The smallest absolute Gasteiger partial charge is 0.403 e. The first kappa shape index (κ1) is 80.0. The van der Waals surface area contributed by atoms with Gasteiger partial charge in [-0.2, -0.15) is 10.5 Å². The molecular weight excluding hydrogens is 1400 g/mol. The molecule has 1 N–H and O–H groups in total. The molecule has 4 aromatic carbocycles. The van der Waals surface area contributed by atoms with E-state index in [1.807, 2.05) is 159 Å². The molecule has 7 heterocycles. The highest BCUT2D eigenvalue weighted by molar-refractivity contribution is 6.48. The third-order valence-electron chi connectivity index (χ3n) is 27.6. The van der Waals surface area contributed by atoms with Crippen molar-refractivity contribution in [3.05, 3.63) is 213 Å². The Morgan fingerprint density at radius 3 is 1.10 bits per heavy atom. The summed E-state index contributed by atoms with van der Waals surface area (Å²) in [5, 5.41) is 22.1. The van der Waals surface area contributed by atoms with Crippen LogP contribution in [0.3, 0.4) is 0 Å². The topological polar surface area (TPSA) is 227 Å². The number of hydrogen-bond donors (Lipinski definition) is 1. The lowest BCUT2D eigenvalue weighted by Crippen LogP contribution is -2.63. The van der Waals surface area contributed by atoms with Gasteiger partial charge >= 0.3 is 7.12 Å². The minimum atomic E-state index is -1.05. The number of amides is 4. The molecule has 0 bridgehead atoms. The van der Waals surface area contributed by atoms with E-state index >= 15 is 0 Å². The average Bonchev–Trinajstić information content (AvgIpc) is 0.822. The fraction of sp³-hybridized carbons (Fsp3) is 0.527. The monoisotopic (exact) mass is 1510 g/mol. The maximum atomic E-state index is 13.9. The minimum Gasteiger partial charge on any atom is -0.403 e. The van der Waals surface area contributed by atoms with Crippen LogP contribution in [0.25, 0.3) is 0 Å². The van der Waals surface area contributed by atoms with E-state index < -0.39 is 44.1 Å². The number of benzene rings is 4. The highest BCUT2D eigenvalue weighted by Crippen LogP contribution is 2.64. The van der Waals surface area contributed by atoms with Crippen LogP contribution in [0.2, 0.25) is 5.82 Å². The molecule has 15 aliphatic rings. The lowest BCUT2D eigenvalue weighted by atomic mass is 9.53. The molecule has 3 saturated heterocycles. The van der Waals surface area contributed by atoms with Gasteiger partial charge in [-0.25, -0.2) is 0 Å². The third kappa shape index (κ3) is 12.7. The van der Waals surface area contributed by atoms with Gasteiger partial charge in [0.15, 0.2) is 23.1 Å². The highest BCUT2D eigenvalue weighted by Gasteiger charge is 2.68. The van der Waals surface area contributed by atoms with Crippen molar-refractivity contribution in [3.63, 3.8) is 0 Å². The summed E-state index contributed by atoms with van der Waals surface area (Å²) in [6.45, 7) is 29.3. The van der Waals surface area contributed by atoms with Gasteiger partial charge in [-0.05, 0) is 169 Å². The summed E-state index contributed by atoms with van der Waals surface area (Å²) in [4.78, 5) is 85.6. The van der Waals surface area contributed by atoms with Gasteiger partial charge in [-0.15, -0.1) is 0 Å². The molecule has 18 nitrogen and oxygen atoms in total. The molecule has 9 fully saturated rings. The molecule has 4 amide bonds. The van der Waals surface area contributed by atoms with Crippen LogP contribution in [0.1, 0.15) is 190 Å². The zero-order valence-corrected chi connectivity index (χ0v) is 66.7. The highest BCUT2D eigenvalue weighted by atomic mass is 16.7. The van der Waals surface area contributed by atoms with Gasteiger partial charge in [0, 0.05) is 68.0 Å². The van der Waals surface area contributed by atoms with Crippen LogP contribution in [0, 0.1) is 44.3 Å². The van der Waals surface area contributed by atoms with Gasteiger partial charge in [-0.1, -0.05) is 194 Å². The second-order valence-corrected chi connectivity index (χ2v) is 36.0. The normalized spacial score (nSPS) is 29.9. The van der Waals surface area contributed by atoms with Crippen molar-refractivity contribution in [2.45, 2.75) is 236 Å². The van der Waals surface area contributed by atoms with Crippen LogP contribution in [0.15, 0.2) is 191 Å². The number of Topliss-reactive ketones (excluding diaryl/α,β-unsaturated/α-hetero) is 2. The van der Waals surface area contributed by atoms with Crippen molar-refractivity contribution in [2.24, 2.45) is 21.7 Å². The summed E-state index contributed by atoms with van der Waals surface area (Å²) in [7, 11) is 0.0648. The number of fused-ring (bicyclic) bond motifs is 4. The SMILES string of the molecule is C.CC1(C)C(=O)C(C#N)=C[C@@]2(c3ccccc3)C(=O)N(C3CC3)CC=C12.CC1(C)C(=O)C(C#N)=C[C@]2(c3ccccc3)C(=O)N(C3CC3)CC=C12.CC1(C)C2=CCN(C3CC3)C(=O)C2(c2ccccc2)CCC12OCCO2.CC1(C)C2=CCNC(=O)C2(c2ccccc2)CCC12OCCO2.CC1(C)OB(C2CC2)OC1(C)C. The Labute approximate surface area is 662 Å². The molecule has 4 aromatic rings. The van der Waals surface area contributed by atoms with Crippen molar-refractivity contribution in [1.82, 2.24) is 20.0 Å². The maximum absolute atomic E-state index is 13.9. The van der Waals surface area contributed by atoms with Crippen molar-refractivity contribution < 1.29 is 57.0 Å². The molecule has 588 valence electrons. The molecule has 19 rings (SSSR count). The van der Waals surface area contributed by atoms with Crippen LogP contribution in [0.4, 0.5) is 0 Å². The first-order chi connectivity index (χ1) is 52.8. The number of rotatable bonds is 8. The molecule has 0 aromatic heterocycles. The van der Waals surface area contributed by atoms with Gasteiger partial charge in [0.2, 0.25) is 23.6 Å². The minimum absolute atomic E-state index is 0. The molecule has 2 spiro atoms. The van der Waals surface area contributed by atoms with E-state index in [1.54, 1.807) is 12.2 Å². The Balaban J connectivity index is 0.000000118. The Kier molecular flexibility index (Phi) is 20.7. The van der Waals surface area contributed by atoms with E-state index in [-0.39, 0.29) is 95.0 Å². The lowest BCUT2D eigenvalue weighted by molar-refractivity contribution is -0.236. The third-order valence-corrected chi connectivity index (χ3v) is 27.6. The summed E-state index contributed by atoms with van der Waals surface area (Å²) in [6, 6.07) is 44.6. The first-order valence-corrected chi connectivity index (χ1v) is 40.4. The van der Waals surface area contributed by atoms with E-state index in [2.05, 4.69) is 102 Å². The van der Waals surface area contributed by atoms with Crippen LogP contribution in [0.5, 0.6) is 0 Å². The molecular formula is C93H111BN6O12. The molecule has 112 heavy (non-hydrogen) atoms. The summed E-state index contributed by atoms with van der Waals surface area (Å²) in [5.41, 5.74) is 1.90. The van der Waals surface area contributed by atoms with Gasteiger partial charge in [0.25, 0.3) is 0 Å². The van der Waals surface area contributed by atoms with E-state index in [0.717, 1.165) is 96.8 Å². The fourth-order valence-corrected chi connectivity index (χ4v) is 20.2. The fourth-order valence-electron chi connectivity index (χ4n) is 20.2. The van der Waals surface area contributed by atoms with E-state index in [4.69, 9.17) is 28.3 Å². The van der Waals surface area contributed by atoms with Crippen LogP contribution in [-0.4, -0.2) is 151 Å². The van der Waals surface area contributed by atoms with Gasteiger partial charge in [0.05, 0.1) is 70.4 Å². The first-order valence-electron chi connectivity index (χ1n) is 40.4. The summed E-state index contributed by atoms with van der Waals surface area (Å²) >= 11 is 0. The van der Waals surface area contributed by atoms with Crippen molar-refractivity contribution in [3.8, 4) is 12.1 Å². The van der Waals surface area contributed by atoms with Gasteiger partial charge in [0.1, 0.15) is 23.0 Å². The Morgan fingerprint density at radius 2 is 0.741 bits per heavy atom. The van der Waals surface area contributed by atoms with E-state index in [1.165, 1.54) is 18.4 Å². The molecule has 2 unspecified atom stereocenters. The number of nitrogens with zero attached hydrogens (tertiary/aromatic N) is 5. The Bertz CT molecular complexity index is 4500. The maximum Gasteiger partial charge on any atom is 0.461 e. The second kappa shape index (κ2) is 29.0. The number of ketones is 2. The molecule has 6 saturated carbocycles. The summed E-state index contributed by atoms with van der Waals surface area (Å²) in [5.74, 6) is -0.578. The van der Waals surface area contributed by atoms with Crippen LogP contribution < -0.4 is 5.32 Å². The molecule has 19 heteroatoms. The molecule has 0 radical (unpaired) electrons. The quantitative estimate of drug-likeness (QED) is 0.128. The zero-order chi connectivity index (χ0) is 78.7. The van der Waals surface area contributed by atoms with E-state index in [0.29, 0.717) is 70.9 Å².